The fourth-order valence-electron chi connectivity index (χ4n) is 4.68. The zero-order chi connectivity index (χ0) is 22.5. The summed E-state index contributed by atoms with van der Waals surface area (Å²) in [4.78, 5) is 39.6. The van der Waals surface area contributed by atoms with Crippen molar-refractivity contribution < 1.29 is 23.9 Å². The molecule has 164 valence electrons. The molecule has 1 N–H and O–H groups in total. The topological polar surface area (TPSA) is 102 Å². The van der Waals surface area contributed by atoms with Gasteiger partial charge in [0.25, 0.3) is 5.91 Å². The fraction of sp³-hybridized carbons (Fsp3) is 0.333. The number of carbonyl (C=O) groups excluding carboxylic acids is 3. The maximum absolute atomic E-state index is 13.1. The molecule has 1 amide bonds. The second kappa shape index (κ2) is 7.47. The third kappa shape index (κ3) is 3.32. The van der Waals surface area contributed by atoms with Gasteiger partial charge in [0.15, 0.2) is 5.78 Å². The summed E-state index contributed by atoms with van der Waals surface area (Å²) in [6.07, 6.45) is 3.08. The van der Waals surface area contributed by atoms with Crippen LogP contribution in [0.25, 0.3) is 10.9 Å². The average molecular weight is 433 g/mol. The Morgan fingerprint density at radius 2 is 1.94 bits per heavy atom. The minimum Gasteiger partial charge on any atom is -0.486 e. The molecule has 0 saturated carbocycles. The van der Waals surface area contributed by atoms with Gasteiger partial charge in [-0.1, -0.05) is 0 Å². The van der Waals surface area contributed by atoms with Crippen LogP contribution in [-0.4, -0.2) is 58.6 Å². The van der Waals surface area contributed by atoms with Crippen molar-refractivity contribution in [2.75, 3.05) is 20.2 Å². The number of amides is 1. The lowest BCUT2D eigenvalue weighted by Crippen LogP contribution is -2.52. The van der Waals surface area contributed by atoms with E-state index in [1.807, 2.05) is 24.0 Å². The van der Waals surface area contributed by atoms with E-state index in [4.69, 9.17) is 9.47 Å². The highest BCUT2D eigenvalue weighted by atomic mass is 16.5. The summed E-state index contributed by atoms with van der Waals surface area (Å²) in [6.45, 7) is 2.96. The third-order valence-electron chi connectivity index (χ3n) is 6.47. The number of methoxy groups -OCH3 is 1. The van der Waals surface area contributed by atoms with Gasteiger partial charge >= 0.3 is 5.97 Å². The number of hydrogen-bond donors (Lipinski definition) is 1. The summed E-state index contributed by atoms with van der Waals surface area (Å²) >= 11 is 0. The van der Waals surface area contributed by atoms with Gasteiger partial charge in [-0.05, 0) is 42.8 Å². The van der Waals surface area contributed by atoms with E-state index in [9.17, 15) is 14.4 Å². The summed E-state index contributed by atoms with van der Waals surface area (Å²) in [5.41, 5.74) is 2.64. The van der Waals surface area contributed by atoms with Crippen molar-refractivity contribution in [3.05, 3.63) is 58.8 Å². The lowest BCUT2D eigenvalue weighted by Gasteiger charge is -2.44. The number of nitrogens with one attached hydrogen (secondary N) is 1. The Kier molecular flexibility index (Phi) is 4.73. The maximum Gasteiger partial charge on any atom is 0.337 e. The lowest BCUT2D eigenvalue weighted by molar-refractivity contribution is -0.00571. The second-order valence-electron chi connectivity index (χ2n) is 8.51. The number of Topliss-reactive ketones (excluding diaryl/α,β-unsaturated/α-hetero) is 1. The van der Waals surface area contributed by atoms with Crippen molar-refractivity contribution in [2.45, 2.75) is 31.8 Å². The van der Waals surface area contributed by atoms with Gasteiger partial charge in [-0.25, -0.2) is 4.79 Å². The number of esters is 1. The van der Waals surface area contributed by atoms with Crippen LogP contribution < -0.4 is 4.74 Å². The van der Waals surface area contributed by atoms with Crippen LogP contribution in [0, 0.1) is 6.92 Å². The molecule has 1 fully saturated rings. The van der Waals surface area contributed by atoms with E-state index in [-0.39, 0.29) is 18.1 Å². The third-order valence-corrected chi connectivity index (χ3v) is 6.47. The molecular weight excluding hydrogens is 410 g/mol. The summed E-state index contributed by atoms with van der Waals surface area (Å²) in [5, 5.41) is 7.91. The van der Waals surface area contributed by atoms with Crippen molar-refractivity contribution in [3.8, 4) is 5.75 Å². The van der Waals surface area contributed by atoms with Crippen molar-refractivity contribution in [1.82, 2.24) is 15.1 Å². The van der Waals surface area contributed by atoms with Gasteiger partial charge in [0.2, 0.25) is 0 Å². The van der Waals surface area contributed by atoms with Gasteiger partial charge in [-0.15, -0.1) is 0 Å². The smallest absolute Gasteiger partial charge is 0.337 e. The zero-order valence-corrected chi connectivity index (χ0v) is 17.9. The predicted molar refractivity (Wildman–Crippen MR) is 116 cm³/mol. The number of H-pyrrole nitrogens is 1. The molecule has 8 nitrogen and oxygen atoms in total. The van der Waals surface area contributed by atoms with E-state index < -0.39 is 11.6 Å². The molecule has 1 saturated heterocycles. The van der Waals surface area contributed by atoms with E-state index in [1.54, 1.807) is 18.3 Å². The number of aromatic amines is 1. The number of piperidine rings is 1. The molecule has 2 aliphatic heterocycles. The normalized spacial score (nSPS) is 17.2. The van der Waals surface area contributed by atoms with Crippen LogP contribution in [0.2, 0.25) is 0 Å². The maximum atomic E-state index is 13.1. The number of carbonyl (C=O) groups is 3. The van der Waals surface area contributed by atoms with Crippen LogP contribution in [-0.2, 0) is 4.74 Å². The highest BCUT2D eigenvalue weighted by Gasteiger charge is 2.44. The molecule has 0 unspecified atom stereocenters. The molecule has 3 heterocycles. The lowest BCUT2D eigenvalue weighted by atomic mass is 9.82. The number of benzene rings is 2. The zero-order valence-electron chi connectivity index (χ0n) is 17.9. The van der Waals surface area contributed by atoms with Crippen molar-refractivity contribution in [2.24, 2.45) is 0 Å². The molecule has 0 atom stereocenters. The SMILES string of the molecule is COC(=O)c1ccc2c(c1)C(=O)CC1(CCN(C(=O)c3cc(C)c4[nH]ncc4c3)CC1)O2. The highest BCUT2D eigenvalue weighted by Crippen LogP contribution is 2.40. The molecule has 8 heteroatoms. The molecular formula is C24H23N3O5. The molecule has 5 rings (SSSR count). The molecule has 2 aromatic carbocycles. The van der Waals surface area contributed by atoms with Crippen LogP contribution in [0.3, 0.4) is 0 Å². The number of aromatic nitrogens is 2. The van der Waals surface area contributed by atoms with Crippen LogP contribution in [0.1, 0.15) is 55.9 Å². The highest BCUT2D eigenvalue weighted by molar-refractivity contribution is 6.03. The van der Waals surface area contributed by atoms with E-state index >= 15 is 0 Å². The van der Waals surface area contributed by atoms with E-state index in [0.29, 0.717) is 48.4 Å². The number of nitrogens with zero attached hydrogens (tertiary/aromatic N) is 2. The number of ketones is 1. The van der Waals surface area contributed by atoms with Gasteiger partial charge < -0.3 is 14.4 Å². The van der Waals surface area contributed by atoms with Crippen LogP contribution >= 0.6 is 0 Å². The monoisotopic (exact) mass is 433 g/mol. The number of hydrogen-bond acceptors (Lipinski definition) is 6. The van der Waals surface area contributed by atoms with Crippen molar-refractivity contribution >= 4 is 28.6 Å². The minimum absolute atomic E-state index is 0.0312. The first-order chi connectivity index (χ1) is 15.4. The van der Waals surface area contributed by atoms with E-state index in [0.717, 1.165) is 16.5 Å². The Labute approximate surface area is 184 Å². The Balaban J connectivity index is 1.32. The summed E-state index contributed by atoms with van der Waals surface area (Å²) in [6, 6.07) is 8.52. The van der Waals surface area contributed by atoms with Gasteiger partial charge in [0.05, 0.1) is 36.4 Å². The van der Waals surface area contributed by atoms with Gasteiger partial charge in [0.1, 0.15) is 11.4 Å². The average Bonchev–Trinajstić information content (AvgIpc) is 3.28. The number of likely N-dealkylation sites (tertiary alicyclic amines) is 1. The molecule has 1 spiro atoms. The minimum atomic E-state index is -0.627. The Bertz CT molecular complexity index is 1250. The van der Waals surface area contributed by atoms with Crippen LogP contribution in [0.15, 0.2) is 36.5 Å². The summed E-state index contributed by atoms with van der Waals surface area (Å²) in [7, 11) is 1.30. The standard InChI is InChI=1S/C24H23N3O5/c1-14-9-16(10-17-13-25-26-21(14)17)22(29)27-7-5-24(6-8-27)12-19(28)18-11-15(23(30)31-2)3-4-20(18)32-24/h3-4,9-11,13H,5-8,12H2,1-2H3,(H,25,26). The van der Waals surface area contributed by atoms with Crippen molar-refractivity contribution in [1.29, 1.82) is 0 Å². The number of fused-ring (bicyclic) bond motifs is 2. The fourth-order valence-corrected chi connectivity index (χ4v) is 4.68. The van der Waals surface area contributed by atoms with E-state index in [2.05, 4.69) is 10.2 Å². The number of aryl methyl sites for hydroxylation is 1. The molecule has 3 aromatic rings. The Morgan fingerprint density at radius 3 is 2.69 bits per heavy atom. The van der Waals surface area contributed by atoms with Crippen LogP contribution in [0.5, 0.6) is 5.75 Å². The predicted octanol–water partition coefficient (Wildman–Crippen LogP) is 3.30. The number of ether oxygens (including phenoxy) is 2. The molecule has 0 radical (unpaired) electrons. The molecule has 0 aliphatic carbocycles. The van der Waals surface area contributed by atoms with Gasteiger partial charge in [-0.3, -0.25) is 14.7 Å². The molecule has 0 bridgehead atoms. The number of rotatable bonds is 2. The first kappa shape index (κ1) is 20.2. The van der Waals surface area contributed by atoms with Gasteiger partial charge in [0, 0.05) is 36.9 Å². The van der Waals surface area contributed by atoms with Crippen LogP contribution in [0.4, 0.5) is 0 Å². The first-order valence-corrected chi connectivity index (χ1v) is 10.6. The van der Waals surface area contributed by atoms with Crippen molar-refractivity contribution in [3.63, 3.8) is 0 Å². The quantitative estimate of drug-likeness (QED) is 0.623. The molecule has 32 heavy (non-hydrogen) atoms. The molecule has 1 aromatic heterocycles. The summed E-state index contributed by atoms with van der Waals surface area (Å²) in [5.74, 6) is -0.0969. The summed E-state index contributed by atoms with van der Waals surface area (Å²) < 4.78 is 11.0. The Morgan fingerprint density at radius 1 is 1.16 bits per heavy atom. The van der Waals surface area contributed by atoms with Gasteiger partial charge in [-0.2, -0.15) is 5.10 Å². The molecule has 2 aliphatic rings. The van der Waals surface area contributed by atoms with E-state index in [1.165, 1.54) is 13.2 Å². The largest absolute Gasteiger partial charge is 0.486 e. The Hall–Kier alpha value is -3.68. The second-order valence-corrected chi connectivity index (χ2v) is 8.51. The first-order valence-electron chi connectivity index (χ1n) is 10.6.